The van der Waals surface area contributed by atoms with Crippen LogP contribution in [0.2, 0.25) is 0 Å². The standard InChI is InChI=1S/C15H26FN3O/c1-12(2)10-17-11-13-6-7-18-15(14(13)16)20-9-5-8-19(3)4/h6-7,12,17H,5,8-11H2,1-4H3. The van der Waals surface area contributed by atoms with Crippen molar-refractivity contribution in [2.45, 2.75) is 26.8 Å². The van der Waals surface area contributed by atoms with Crippen molar-refractivity contribution < 1.29 is 9.13 Å². The molecule has 0 saturated carbocycles. The van der Waals surface area contributed by atoms with Gasteiger partial charge in [0, 0.05) is 24.8 Å². The first-order chi connectivity index (χ1) is 9.50. The van der Waals surface area contributed by atoms with Gasteiger partial charge in [-0.3, -0.25) is 0 Å². The van der Waals surface area contributed by atoms with E-state index in [0.717, 1.165) is 19.5 Å². The molecule has 114 valence electrons. The van der Waals surface area contributed by atoms with Crippen molar-refractivity contribution in [3.63, 3.8) is 0 Å². The van der Waals surface area contributed by atoms with Gasteiger partial charge in [0.15, 0.2) is 5.82 Å². The molecular formula is C15H26FN3O. The van der Waals surface area contributed by atoms with Crippen LogP contribution in [-0.2, 0) is 6.54 Å². The molecule has 0 saturated heterocycles. The summed E-state index contributed by atoms with van der Waals surface area (Å²) in [5, 5.41) is 3.22. The van der Waals surface area contributed by atoms with Crippen LogP contribution in [0.5, 0.6) is 5.88 Å². The third kappa shape index (κ3) is 6.30. The smallest absolute Gasteiger partial charge is 0.250 e. The van der Waals surface area contributed by atoms with Crippen LogP contribution in [0.25, 0.3) is 0 Å². The number of aromatic nitrogens is 1. The Bertz CT molecular complexity index is 397. The van der Waals surface area contributed by atoms with Gasteiger partial charge in [0.2, 0.25) is 0 Å². The van der Waals surface area contributed by atoms with Crippen LogP contribution in [-0.4, -0.2) is 43.7 Å². The summed E-state index contributed by atoms with van der Waals surface area (Å²) in [5.41, 5.74) is 0.600. The Kier molecular flexibility index (Phi) is 7.47. The Morgan fingerprint density at radius 2 is 2.15 bits per heavy atom. The Balaban J connectivity index is 2.47. The lowest BCUT2D eigenvalue weighted by atomic mass is 10.2. The van der Waals surface area contributed by atoms with E-state index in [-0.39, 0.29) is 11.7 Å². The van der Waals surface area contributed by atoms with Crippen LogP contribution in [0.4, 0.5) is 4.39 Å². The zero-order valence-corrected chi connectivity index (χ0v) is 12.9. The van der Waals surface area contributed by atoms with Crippen molar-refractivity contribution in [2.24, 2.45) is 5.92 Å². The van der Waals surface area contributed by atoms with E-state index in [0.29, 0.717) is 24.6 Å². The lowest BCUT2D eigenvalue weighted by Crippen LogP contribution is -2.20. The fraction of sp³-hybridized carbons (Fsp3) is 0.667. The molecule has 0 radical (unpaired) electrons. The van der Waals surface area contributed by atoms with E-state index in [9.17, 15) is 4.39 Å². The average Bonchev–Trinajstić information content (AvgIpc) is 2.37. The molecule has 0 fully saturated rings. The minimum Gasteiger partial charge on any atom is -0.476 e. The summed E-state index contributed by atoms with van der Waals surface area (Å²) in [6, 6.07) is 1.69. The minimum atomic E-state index is -0.353. The van der Waals surface area contributed by atoms with Crippen LogP contribution in [0.3, 0.4) is 0 Å². The van der Waals surface area contributed by atoms with E-state index in [1.165, 1.54) is 0 Å². The molecule has 20 heavy (non-hydrogen) atoms. The number of hydrogen-bond acceptors (Lipinski definition) is 4. The summed E-state index contributed by atoms with van der Waals surface area (Å²) in [7, 11) is 4.00. The van der Waals surface area contributed by atoms with Gasteiger partial charge in [-0.15, -0.1) is 0 Å². The Morgan fingerprint density at radius 3 is 2.80 bits per heavy atom. The fourth-order valence-corrected chi connectivity index (χ4v) is 1.74. The Morgan fingerprint density at radius 1 is 1.40 bits per heavy atom. The molecule has 1 N–H and O–H groups in total. The number of nitrogens with one attached hydrogen (secondary N) is 1. The summed E-state index contributed by atoms with van der Waals surface area (Å²) in [6.45, 7) is 6.99. The molecular weight excluding hydrogens is 257 g/mol. The zero-order valence-electron chi connectivity index (χ0n) is 12.9. The lowest BCUT2D eigenvalue weighted by molar-refractivity contribution is 0.260. The number of hydrogen-bond donors (Lipinski definition) is 1. The molecule has 0 bridgehead atoms. The van der Waals surface area contributed by atoms with Gasteiger partial charge < -0.3 is 15.0 Å². The molecule has 0 aliphatic rings. The second kappa shape index (κ2) is 8.87. The molecule has 4 nitrogen and oxygen atoms in total. The SMILES string of the molecule is CC(C)CNCc1ccnc(OCCCN(C)C)c1F. The van der Waals surface area contributed by atoms with Gasteiger partial charge in [-0.25, -0.2) is 9.37 Å². The van der Waals surface area contributed by atoms with Gasteiger partial charge in [0.05, 0.1) is 6.61 Å². The summed E-state index contributed by atoms with van der Waals surface area (Å²) < 4.78 is 19.6. The van der Waals surface area contributed by atoms with Crippen molar-refractivity contribution in [3.05, 3.63) is 23.6 Å². The number of ether oxygens (including phenoxy) is 1. The maximum Gasteiger partial charge on any atom is 0.250 e. The van der Waals surface area contributed by atoms with Crippen molar-refractivity contribution in [3.8, 4) is 5.88 Å². The van der Waals surface area contributed by atoms with Crippen LogP contribution in [0.15, 0.2) is 12.3 Å². The molecule has 1 rings (SSSR count). The van der Waals surface area contributed by atoms with Crippen LogP contribution >= 0.6 is 0 Å². The second-order valence-corrected chi connectivity index (χ2v) is 5.62. The van der Waals surface area contributed by atoms with Gasteiger partial charge in [0.25, 0.3) is 5.88 Å². The van der Waals surface area contributed by atoms with E-state index in [1.807, 2.05) is 14.1 Å². The monoisotopic (exact) mass is 283 g/mol. The topological polar surface area (TPSA) is 37.4 Å². The highest BCUT2D eigenvalue weighted by molar-refractivity contribution is 5.23. The highest BCUT2D eigenvalue weighted by Gasteiger charge is 2.10. The third-order valence-electron chi connectivity index (χ3n) is 2.79. The van der Waals surface area contributed by atoms with Gasteiger partial charge in [-0.05, 0) is 39.0 Å². The Hall–Kier alpha value is -1.20. The first-order valence-electron chi connectivity index (χ1n) is 7.12. The second-order valence-electron chi connectivity index (χ2n) is 5.62. The van der Waals surface area contributed by atoms with Crippen molar-refractivity contribution >= 4 is 0 Å². The molecule has 0 atom stereocenters. The quantitative estimate of drug-likeness (QED) is 0.706. The molecule has 0 unspecified atom stereocenters. The molecule has 1 heterocycles. The van der Waals surface area contributed by atoms with Gasteiger partial charge in [-0.1, -0.05) is 13.8 Å². The van der Waals surface area contributed by atoms with Crippen molar-refractivity contribution in [1.82, 2.24) is 15.2 Å². The van der Waals surface area contributed by atoms with Gasteiger partial charge in [-0.2, -0.15) is 0 Å². The highest BCUT2D eigenvalue weighted by atomic mass is 19.1. The van der Waals surface area contributed by atoms with E-state index in [4.69, 9.17) is 4.74 Å². The number of nitrogens with zero attached hydrogens (tertiary/aromatic N) is 2. The molecule has 0 aromatic carbocycles. The van der Waals surface area contributed by atoms with Crippen LogP contribution < -0.4 is 10.1 Å². The number of rotatable bonds is 9. The number of pyridine rings is 1. The molecule has 0 aliphatic heterocycles. The largest absolute Gasteiger partial charge is 0.476 e. The normalized spacial score (nSPS) is 11.3. The predicted molar refractivity (Wildman–Crippen MR) is 79.4 cm³/mol. The van der Waals surface area contributed by atoms with Crippen molar-refractivity contribution in [1.29, 1.82) is 0 Å². The van der Waals surface area contributed by atoms with Gasteiger partial charge >= 0.3 is 0 Å². The number of halogens is 1. The summed E-state index contributed by atoms with van der Waals surface area (Å²) in [5.74, 6) is 0.294. The van der Waals surface area contributed by atoms with E-state index in [1.54, 1.807) is 12.3 Å². The highest BCUT2D eigenvalue weighted by Crippen LogP contribution is 2.17. The summed E-state index contributed by atoms with van der Waals surface area (Å²) >= 11 is 0. The van der Waals surface area contributed by atoms with Crippen LogP contribution in [0, 0.1) is 11.7 Å². The zero-order chi connectivity index (χ0) is 15.0. The van der Waals surface area contributed by atoms with Crippen LogP contribution in [0.1, 0.15) is 25.8 Å². The maximum atomic E-state index is 14.1. The predicted octanol–water partition coefficient (Wildman–Crippen LogP) is 2.30. The summed E-state index contributed by atoms with van der Waals surface area (Å²) in [6.07, 6.45) is 2.45. The third-order valence-corrected chi connectivity index (χ3v) is 2.79. The summed E-state index contributed by atoms with van der Waals surface area (Å²) in [4.78, 5) is 6.03. The molecule has 0 spiro atoms. The maximum absolute atomic E-state index is 14.1. The first kappa shape index (κ1) is 16.9. The Labute approximate surface area is 121 Å². The fourth-order valence-electron chi connectivity index (χ4n) is 1.74. The van der Waals surface area contributed by atoms with E-state index < -0.39 is 0 Å². The molecule has 0 amide bonds. The molecule has 0 aliphatic carbocycles. The lowest BCUT2D eigenvalue weighted by Gasteiger charge is -2.12. The minimum absolute atomic E-state index is 0.104. The van der Waals surface area contributed by atoms with Crippen molar-refractivity contribution in [2.75, 3.05) is 33.8 Å². The van der Waals surface area contributed by atoms with Gasteiger partial charge in [0.1, 0.15) is 0 Å². The molecule has 1 aromatic heterocycles. The van der Waals surface area contributed by atoms with E-state index >= 15 is 0 Å². The molecule has 5 heteroatoms. The average molecular weight is 283 g/mol. The molecule has 1 aromatic rings. The first-order valence-corrected chi connectivity index (χ1v) is 7.12. The van der Waals surface area contributed by atoms with E-state index in [2.05, 4.69) is 29.0 Å².